The summed E-state index contributed by atoms with van der Waals surface area (Å²) >= 11 is 1.37. The van der Waals surface area contributed by atoms with Gasteiger partial charge in [-0.25, -0.2) is 4.98 Å². The largest absolute Gasteiger partial charge is 0.464 e. The molecular formula is C24H14F3N3O3S. The summed E-state index contributed by atoms with van der Waals surface area (Å²) in [5.74, 6) is 0.262. The smallest absolute Gasteiger partial charge is 0.416 e. The van der Waals surface area contributed by atoms with Gasteiger partial charge in [0.2, 0.25) is 5.91 Å². The summed E-state index contributed by atoms with van der Waals surface area (Å²) < 4.78 is 52.0. The Morgan fingerprint density at radius 3 is 2.85 bits per heavy atom. The molecule has 10 heteroatoms. The summed E-state index contributed by atoms with van der Waals surface area (Å²) in [4.78, 5) is 22.5. The van der Waals surface area contributed by atoms with Gasteiger partial charge in [0.25, 0.3) is 5.19 Å². The van der Waals surface area contributed by atoms with Crippen LogP contribution in [0.3, 0.4) is 0 Å². The van der Waals surface area contributed by atoms with Gasteiger partial charge >= 0.3 is 6.18 Å². The van der Waals surface area contributed by atoms with Gasteiger partial charge in [-0.1, -0.05) is 17.4 Å². The lowest BCUT2D eigenvalue weighted by atomic mass is 10.1. The summed E-state index contributed by atoms with van der Waals surface area (Å²) in [6, 6.07) is 12.4. The van der Waals surface area contributed by atoms with Crippen LogP contribution in [0.25, 0.3) is 21.3 Å². The number of hydrogen-bond donors (Lipinski definition) is 0. The second-order valence-corrected chi connectivity index (χ2v) is 8.82. The molecule has 0 bridgehead atoms. The van der Waals surface area contributed by atoms with Crippen molar-refractivity contribution in [1.29, 1.82) is 0 Å². The van der Waals surface area contributed by atoms with Crippen LogP contribution < -0.4 is 9.64 Å². The van der Waals surface area contributed by atoms with E-state index in [1.807, 2.05) is 12.1 Å². The van der Waals surface area contributed by atoms with Crippen molar-refractivity contribution in [1.82, 2.24) is 9.97 Å². The molecule has 3 aromatic heterocycles. The van der Waals surface area contributed by atoms with E-state index in [0.717, 1.165) is 22.2 Å². The van der Waals surface area contributed by atoms with Gasteiger partial charge in [-0.3, -0.25) is 4.79 Å². The van der Waals surface area contributed by atoms with Gasteiger partial charge in [-0.2, -0.15) is 18.2 Å². The number of amides is 1. The van der Waals surface area contributed by atoms with E-state index in [-0.39, 0.29) is 24.6 Å². The topological polar surface area (TPSA) is 68.5 Å². The first-order chi connectivity index (χ1) is 16.3. The van der Waals surface area contributed by atoms with E-state index < -0.39 is 11.7 Å². The van der Waals surface area contributed by atoms with Crippen molar-refractivity contribution in [3.63, 3.8) is 0 Å². The van der Waals surface area contributed by atoms with Gasteiger partial charge in [0.1, 0.15) is 11.3 Å². The number of rotatable bonds is 4. The highest BCUT2D eigenvalue weighted by Crippen LogP contribution is 2.38. The molecule has 0 unspecified atom stereocenters. The summed E-state index contributed by atoms with van der Waals surface area (Å²) in [5.41, 5.74) is 1.89. The number of thiazole rings is 1. The number of ether oxygens (including phenoxy) is 1. The summed E-state index contributed by atoms with van der Waals surface area (Å²) in [6.07, 6.45) is -1.24. The molecule has 1 aliphatic rings. The monoisotopic (exact) mass is 481 g/mol. The lowest BCUT2D eigenvalue weighted by molar-refractivity contribution is -0.137. The molecule has 34 heavy (non-hydrogen) atoms. The van der Waals surface area contributed by atoms with Crippen LogP contribution >= 0.6 is 11.3 Å². The Morgan fingerprint density at radius 1 is 1.15 bits per heavy atom. The Labute approximate surface area is 194 Å². The molecule has 0 aliphatic carbocycles. The molecule has 0 spiro atoms. The van der Waals surface area contributed by atoms with Crippen LogP contribution in [0.5, 0.6) is 10.9 Å². The quantitative estimate of drug-likeness (QED) is 0.300. The lowest BCUT2D eigenvalue weighted by Crippen LogP contribution is -2.26. The maximum atomic E-state index is 13.2. The lowest BCUT2D eigenvalue weighted by Gasteiger charge is -2.18. The minimum Gasteiger partial charge on any atom is -0.464 e. The van der Waals surface area contributed by atoms with Crippen LogP contribution in [0, 0.1) is 0 Å². The molecule has 1 amide bonds. The molecule has 1 aliphatic heterocycles. The standard InChI is InChI=1S/C24H14F3N3O3S/c25-24(26,27)15-4-3-13-8-21(31)30(18(13)9-15)11-14-12-32-19-10-16(5-6-17(14)19)33-23-29-22-20(34-23)2-1-7-28-22/h1-7,9-10,12H,8,11H2. The number of fused-ring (bicyclic) bond motifs is 3. The fourth-order valence-electron chi connectivity index (χ4n) is 4.02. The summed E-state index contributed by atoms with van der Waals surface area (Å²) in [5, 5.41) is 1.19. The normalized spacial score (nSPS) is 13.7. The molecule has 0 atom stereocenters. The number of carbonyl (C=O) groups excluding carboxylic acids is 1. The molecule has 6 nitrogen and oxygen atoms in total. The maximum Gasteiger partial charge on any atom is 0.416 e. The molecule has 0 saturated heterocycles. The maximum absolute atomic E-state index is 13.2. The van der Waals surface area contributed by atoms with Crippen LogP contribution in [0.2, 0.25) is 0 Å². The average Bonchev–Trinajstić information content (AvgIpc) is 3.48. The predicted octanol–water partition coefficient (Wildman–Crippen LogP) is 6.34. The van der Waals surface area contributed by atoms with Crippen molar-refractivity contribution in [3.8, 4) is 10.9 Å². The van der Waals surface area contributed by atoms with Gasteiger partial charge in [0.05, 0.1) is 29.5 Å². The highest BCUT2D eigenvalue weighted by Gasteiger charge is 2.35. The van der Waals surface area contributed by atoms with Gasteiger partial charge in [0, 0.05) is 28.9 Å². The zero-order chi connectivity index (χ0) is 23.4. The number of halogens is 3. The Balaban J connectivity index is 1.27. The van der Waals surface area contributed by atoms with Crippen LogP contribution in [0.15, 0.2) is 65.4 Å². The van der Waals surface area contributed by atoms with E-state index in [0.29, 0.717) is 33.3 Å². The number of benzene rings is 2. The van der Waals surface area contributed by atoms with E-state index in [4.69, 9.17) is 9.15 Å². The number of aromatic nitrogens is 2. The van der Waals surface area contributed by atoms with Crippen molar-refractivity contribution in [2.24, 2.45) is 0 Å². The molecule has 0 saturated carbocycles. The van der Waals surface area contributed by atoms with Crippen molar-refractivity contribution < 1.29 is 27.1 Å². The molecule has 0 fully saturated rings. The van der Waals surface area contributed by atoms with Gasteiger partial charge in [-0.15, -0.1) is 0 Å². The first-order valence-electron chi connectivity index (χ1n) is 10.3. The third-order valence-electron chi connectivity index (χ3n) is 5.65. The molecule has 0 radical (unpaired) electrons. The Kier molecular flexibility index (Phi) is 4.59. The zero-order valence-electron chi connectivity index (χ0n) is 17.3. The zero-order valence-corrected chi connectivity index (χ0v) is 18.1. The third kappa shape index (κ3) is 3.56. The van der Waals surface area contributed by atoms with E-state index in [1.54, 1.807) is 24.4 Å². The molecule has 170 valence electrons. The number of hydrogen-bond acceptors (Lipinski definition) is 6. The number of furan rings is 1. The average molecular weight is 481 g/mol. The Hall–Kier alpha value is -3.92. The number of pyridine rings is 1. The van der Waals surface area contributed by atoms with Crippen molar-refractivity contribution in [2.45, 2.75) is 19.1 Å². The highest BCUT2D eigenvalue weighted by molar-refractivity contribution is 7.20. The fraction of sp³-hybridized carbons (Fsp3) is 0.125. The predicted molar refractivity (Wildman–Crippen MR) is 120 cm³/mol. The van der Waals surface area contributed by atoms with E-state index in [2.05, 4.69) is 9.97 Å². The van der Waals surface area contributed by atoms with Gasteiger partial charge in [0.15, 0.2) is 5.65 Å². The van der Waals surface area contributed by atoms with E-state index in [9.17, 15) is 18.0 Å². The fourth-order valence-corrected chi connectivity index (χ4v) is 4.81. The minimum atomic E-state index is -4.48. The van der Waals surface area contributed by atoms with E-state index >= 15 is 0 Å². The van der Waals surface area contributed by atoms with Crippen LogP contribution in [0.1, 0.15) is 16.7 Å². The summed E-state index contributed by atoms with van der Waals surface area (Å²) in [7, 11) is 0. The second kappa shape index (κ2) is 7.56. The SMILES string of the molecule is O=C1Cc2ccc(C(F)(F)F)cc2N1Cc1coc2cc(Oc3nc4ncccc4s3)ccc12. The highest BCUT2D eigenvalue weighted by atomic mass is 32.1. The third-order valence-corrected chi connectivity index (χ3v) is 6.54. The first kappa shape index (κ1) is 20.7. The minimum absolute atomic E-state index is 0.0677. The van der Waals surface area contributed by atoms with Crippen LogP contribution in [-0.2, 0) is 23.9 Å². The number of carbonyl (C=O) groups is 1. The Morgan fingerprint density at radius 2 is 2.03 bits per heavy atom. The number of nitrogens with zero attached hydrogens (tertiary/aromatic N) is 3. The molecule has 0 N–H and O–H groups in total. The summed E-state index contributed by atoms with van der Waals surface area (Å²) in [6.45, 7) is 0.101. The van der Waals surface area contributed by atoms with Crippen LogP contribution in [0.4, 0.5) is 18.9 Å². The first-order valence-corrected chi connectivity index (χ1v) is 11.1. The van der Waals surface area contributed by atoms with Crippen LogP contribution in [-0.4, -0.2) is 15.9 Å². The Bertz CT molecular complexity index is 1540. The van der Waals surface area contributed by atoms with Crippen molar-refractivity contribution in [2.75, 3.05) is 4.90 Å². The van der Waals surface area contributed by atoms with E-state index in [1.165, 1.54) is 28.6 Å². The number of anilines is 1. The van der Waals surface area contributed by atoms with Crippen molar-refractivity contribution in [3.05, 3.63) is 77.7 Å². The number of alkyl halides is 3. The molecular weight excluding hydrogens is 467 g/mol. The van der Waals surface area contributed by atoms with Crippen molar-refractivity contribution >= 4 is 44.2 Å². The second-order valence-electron chi connectivity index (χ2n) is 7.82. The van der Waals surface area contributed by atoms with Gasteiger partial charge < -0.3 is 14.1 Å². The van der Waals surface area contributed by atoms with Gasteiger partial charge in [-0.05, 0) is 42.0 Å². The molecule has 6 rings (SSSR count). The molecule has 5 aromatic rings. The molecule has 2 aromatic carbocycles. The molecule has 4 heterocycles.